The third-order valence-corrected chi connectivity index (χ3v) is 5.96. The highest BCUT2D eigenvalue weighted by atomic mass is 31.2. The summed E-state index contributed by atoms with van der Waals surface area (Å²) < 4.78 is 26.0. The Morgan fingerprint density at radius 1 is 1.00 bits per heavy atom. The van der Waals surface area contributed by atoms with E-state index in [1.807, 2.05) is 0 Å². The van der Waals surface area contributed by atoms with Gasteiger partial charge in [0.1, 0.15) is 0 Å². The van der Waals surface area contributed by atoms with Gasteiger partial charge < -0.3 is 18.5 Å². The van der Waals surface area contributed by atoms with Crippen LogP contribution in [0, 0.1) is 0 Å². The Bertz CT molecular complexity index is 450. The molecule has 0 saturated carbocycles. The summed E-state index contributed by atoms with van der Waals surface area (Å²) >= 11 is 0. The molecule has 108 valence electrons. The molecule has 0 spiro atoms. The van der Waals surface area contributed by atoms with Crippen LogP contribution < -0.4 is 0 Å². The fourth-order valence-corrected chi connectivity index (χ4v) is 4.84. The van der Waals surface area contributed by atoms with Gasteiger partial charge in [-0.2, -0.15) is 0 Å². The molecule has 0 amide bonds. The average Bonchev–Trinajstić information content (AvgIpc) is 3.02. The van der Waals surface area contributed by atoms with Gasteiger partial charge >= 0.3 is 11.9 Å². The summed E-state index contributed by atoms with van der Waals surface area (Å²) in [6.07, 6.45) is -1.49. The highest BCUT2D eigenvalue weighted by molar-refractivity contribution is 7.74. The smallest absolute Gasteiger partial charge is 0.347 e. The quantitative estimate of drug-likeness (QED) is 0.303. The number of hydrogen-bond acceptors (Lipinski definition) is 6. The lowest BCUT2D eigenvalue weighted by Gasteiger charge is -2.24. The van der Waals surface area contributed by atoms with E-state index < -0.39 is 31.5 Å². The molecule has 0 aromatic heterocycles. The SMILES string of the molecule is CC1OC(=O)C(C)OC1=O.C[N+](C)(C)C1C2OP21=O. The van der Waals surface area contributed by atoms with E-state index in [9.17, 15) is 14.2 Å². The van der Waals surface area contributed by atoms with Gasteiger partial charge in [0.15, 0.2) is 12.2 Å². The van der Waals surface area contributed by atoms with Crippen LogP contribution in [0.15, 0.2) is 0 Å². The Kier molecular flexibility index (Phi) is 3.28. The van der Waals surface area contributed by atoms with E-state index in [1.54, 1.807) is 0 Å². The van der Waals surface area contributed by atoms with Crippen molar-refractivity contribution in [1.29, 1.82) is 0 Å². The molecule has 0 aliphatic carbocycles. The normalized spacial score (nSPS) is 43.2. The van der Waals surface area contributed by atoms with E-state index in [1.165, 1.54) is 13.8 Å². The lowest BCUT2D eigenvalue weighted by Crippen LogP contribution is -2.40. The molecule has 0 N–H and O–H groups in total. The fourth-order valence-electron chi connectivity index (χ4n) is 1.96. The van der Waals surface area contributed by atoms with Crippen LogP contribution in [0.2, 0.25) is 0 Å². The number of rotatable bonds is 1. The van der Waals surface area contributed by atoms with Gasteiger partial charge in [-0.15, -0.1) is 0 Å². The van der Waals surface area contributed by atoms with E-state index in [2.05, 4.69) is 30.6 Å². The highest BCUT2D eigenvalue weighted by Gasteiger charge is 2.88. The van der Waals surface area contributed by atoms with Crippen molar-refractivity contribution < 1.29 is 32.6 Å². The number of carbonyl (C=O) groups is 2. The van der Waals surface area contributed by atoms with Crippen LogP contribution in [0.25, 0.3) is 0 Å². The van der Waals surface area contributed by atoms with Crippen LogP contribution in [0.4, 0.5) is 0 Å². The average molecular weight is 292 g/mol. The number of fused-ring (bicyclic) bond motifs is 1. The van der Waals surface area contributed by atoms with Crippen LogP contribution >= 0.6 is 7.37 Å². The largest absolute Gasteiger partial charge is 0.448 e. The van der Waals surface area contributed by atoms with Crippen molar-refractivity contribution in [3.63, 3.8) is 0 Å². The first-order chi connectivity index (χ1) is 8.57. The van der Waals surface area contributed by atoms with Crippen LogP contribution in [0.3, 0.4) is 0 Å². The van der Waals surface area contributed by atoms with Gasteiger partial charge in [-0.1, -0.05) is 0 Å². The summed E-state index contributed by atoms with van der Waals surface area (Å²) in [4.78, 5) is 21.3. The summed E-state index contributed by atoms with van der Waals surface area (Å²) in [6.45, 7) is 2.96. The zero-order valence-electron chi connectivity index (χ0n) is 11.7. The Balaban J connectivity index is 0.000000141. The van der Waals surface area contributed by atoms with Crippen molar-refractivity contribution in [3.05, 3.63) is 0 Å². The monoisotopic (exact) mass is 292 g/mol. The first kappa shape index (κ1) is 14.5. The minimum Gasteiger partial charge on any atom is -0.448 e. The first-order valence-electron chi connectivity index (χ1n) is 6.07. The molecule has 3 aliphatic heterocycles. The zero-order chi connectivity index (χ0) is 14.6. The third kappa shape index (κ3) is 2.68. The molecule has 5 atom stereocenters. The Hall–Kier alpha value is -0.910. The molecule has 3 fully saturated rings. The van der Waals surface area contributed by atoms with Crippen LogP contribution in [-0.2, 0) is 28.2 Å². The van der Waals surface area contributed by atoms with E-state index in [-0.39, 0.29) is 5.85 Å². The number of ether oxygens (including phenoxy) is 2. The van der Waals surface area contributed by atoms with Gasteiger partial charge in [-0.25, -0.2) is 9.59 Å². The minimum absolute atomic E-state index is 0.150. The predicted molar refractivity (Wildman–Crippen MR) is 65.4 cm³/mol. The minimum atomic E-state index is -1.98. The molecular weight excluding hydrogens is 273 g/mol. The summed E-state index contributed by atoms with van der Waals surface area (Å²) in [6, 6.07) is 0. The molecule has 3 heterocycles. The lowest BCUT2D eigenvalue weighted by atomic mass is 10.3. The number of esters is 2. The number of likely N-dealkylation sites (N-methyl/N-ethyl adjacent to an activating group) is 1. The molecular formula is C11H19NO6P+. The molecule has 0 radical (unpaired) electrons. The van der Waals surface area contributed by atoms with Gasteiger partial charge in [0.25, 0.3) is 7.37 Å². The van der Waals surface area contributed by atoms with Crippen molar-refractivity contribution in [2.24, 2.45) is 0 Å². The second-order valence-corrected chi connectivity index (χ2v) is 8.37. The maximum Gasteiger partial charge on any atom is 0.347 e. The Labute approximate surface area is 111 Å². The predicted octanol–water partition coefficient (Wildman–Crippen LogP) is 0.530. The third-order valence-electron chi connectivity index (χ3n) is 3.16. The molecule has 0 aromatic carbocycles. The fraction of sp³-hybridized carbons (Fsp3) is 0.818. The van der Waals surface area contributed by atoms with Crippen LogP contribution in [-0.4, -0.2) is 61.4 Å². The molecule has 3 rings (SSSR count). The maximum atomic E-state index is 11.1. The maximum absolute atomic E-state index is 11.1. The van der Waals surface area contributed by atoms with Crippen molar-refractivity contribution >= 4 is 19.3 Å². The second kappa shape index (κ2) is 4.30. The van der Waals surface area contributed by atoms with Crippen molar-refractivity contribution in [2.45, 2.75) is 37.7 Å². The zero-order valence-corrected chi connectivity index (χ0v) is 12.5. The number of carbonyl (C=O) groups excluding carboxylic acids is 2. The molecule has 19 heavy (non-hydrogen) atoms. The van der Waals surface area contributed by atoms with Gasteiger partial charge in [0.2, 0.25) is 11.6 Å². The molecule has 3 aliphatic rings. The second-order valence-electron chi connectivity index (χ2n) is 5.83. The number of hydrogen-bond donors (Lipinski definition) is 0. The lowest BCUT2D eigenvalue weighted by molar-refractivity contribution is -0.879. The van der Waals surface area contributed by atoms with Crippen molar-refractivity contribution in [3.8, 4) is 0 Å². The molecule has 0 bridgehead atoms. The summed E-state index contributed by atoms with van der Waals surface area (Å²) in [5.74, 6) is -0.478. The summed E-state index contributed by atoms with van der Waals surface area (Å²) in [5, 5.41) is 0. The number of cyclic esters (lactones) is 2. The van der Waals surface area contributed by atoms with Gasteiger partial charge in [0.05, 0.1) is 21.1 Å². The Morgan fingerprint density at radius 3 is 1.53 bits per heavy atom. The highest BCUT2D eigenvalue weighted by Crippen LogP contribution is 2.93. The van der Waals surface area contributed by atoms with Crippen molar-refractivity contribution in [2.75, 3.05) is 21.1 Å². The van der Waals surface area contributed by atoms with E-state index in [4.69, 9.17) is 4.52 Å². The number of nitrogens with zero attached hydrogens (tertiary/aromatic N) is 1. The molecule has 3 saturated heterocycles. The number of quaternary nitrogens is 1. The van der Waals surface area contributed by atoms with E-state index in [0.29, 0.717) is 5.78 Å². The molecule has 8 heteroatoms. The van der Waals surface area contributed by atoms with Gasteiger partial charge in [-0.05, 0) is 13.8 Å². The topological polar surface area (TPSA) is 82.2 Å². The van der Waals surface area contributed by atoms with Crippen molar-refractivity contribution in [1.82, 2.24) is 0 Å². The van der Waals surface area contributed by atoms with Gasteiger partial charge in [0, 0.05) is 0 Å². The molecule has 0 aromatic rings. The Morgan fingerprint density at radius 2 is 1.37 bits per heavy atom. The van der Waals surface area contributed by atoms with Crippen LogP contribution in [0.1, 0.15) is 13.8 Å². The van der Waals surface area contributed by atoms with E-state index >= 15 is 0 Å². The summed E-state index contributed by atoms with van der Waals surface area (Å²) in [7, 11) is 4.18. The first-order valence-corrected chi connectivity index (χ1v) is 7.83. The molecule has 5 unspecified atom stereocenters. The van der Waals surface area contributed by atoms with Crippen LogP contribution in [0.5, 0.6) is 0 Å². The standard InChI is InChI=1S/C6H8O4.C5H11NO2P/c1-3-5(7)10-4(2)6(8)9-3;1-6(2,3)4-5-8-9(4,5)7/h3-4H,1-2H3;4-5H,1-3H3/q;+1. The summed E-state index contributed by atoms with van der Waals surface area (Å²) in [5.41, 5.74) is 0. The molecule has 7 nitrogen and oxygen atoms in total. The van der Waals surface area contributed by atoms with E-state index in [0.717, 1.165) is 4.48 Å². The van der Waals surface area contributed by atoms with Gasteiger partial charge in [-0.3, -0.25) is 4.57 Å².